The molecule has 2 aromatic rings. The van der Waals surface area contributed by atoms with E-state index in [2.05, 4.69) is 10.2 Å². The highest BCUT2D eigenvalue weighted by Gasteiger charge is 2.56. The largest absolute Gasteiger partial charge is 0.506 e. The van der Waals surface area contributed by atoms with Gasteiger partial charge in [0.2, 0.25) is 5.91 Å². The second-order valence-corrected chi connectivity index (χ2v) is 9.30. The Balaban J connectivity index is 1.63. The van der Waals surface area contributed by atoms with Crippen molar-refractivity contribution in [3.8, 4) is 5.75 Å². The van der Waals surface area contributed by atoms with E-state index >= 15 is 0 Å². The lowest BCUT2D eigenvalue weighted by atomic mass is 9.64. The van der Waals surface area contributed by atoms with E-state index < -0.39 is 11.5 Å². The van der Waals surface area contributed by atoms with E-state index in [9.17, 15) is 14.7 Å². The van der Waals surface area contributed by atoms with Crippen molar-refractivity contribution in [2.24, 2.45) is 0 Å². The van der Waals surface area contributed by atoms with Crippen LogP contribution in [0.3, 0.4) is 0 Å². The molecule has 2 amide bonds. The minimum absolute atomic E-state index is 0.0568. The molecule has 5 nitrogen and oxygen atoms in total. The Morgan fingerprint density at radius 1 is 0.935 bits per heavy atom. The number of carbonyl (C=O) groups is 2. The van der Waals surface area contributed by atoms with E-state index in [1.807, 2.05) is 24.3 Å². The van der Waals surface area contributed by atoms with Crippen LogP contribution in [0.5, 0.6) is 5.75 Å². The van der Waals surface area contributed by atoms with Crippen LogP contribution in [0.15, 0.2) is 48.5 Å². The minimum Gasteiger partial charge on any atom is -0.506 e. The molecular formula is C26H30N2O3. The van der Waals surface area contributed by atoms with Crippen LogP contribution in [-0.4, -0.2) is 33.4 Å². The number of aromatic hydroxyl groups is 1. The number of nitrogens with zero attached hydrogens (tertiary/aromatic N) is 1. The molecule has 0 saturated heterocycles. The second-order valence-electron chi connectivity index (χ2n) is 9.30. The quantitative estimate of drug-likeness (QED) is 0.672. The van der Waals surface area contributed by atoms with E-state index in [1.54, 1.807) is 24.3 Å². The predicted octanol–water partition coefficient (Wildman–Crippen LogP) is 5.22. The zero-order valence-electron chi connectivity index (χ0n) is 17.8. The van der Waals surface area contributed by atoms with Gasteiger partial charge in [0.15, 0.2) is 0 Å². The summed E-state index contributed by atoms with van der Waals surface area (Å²) in [5, 5.41) is 13.2. The first-order valence-electron chi connectivity index (χ1n) is 11.6. The van der Waals surface area contributed by atoms with Gasteiger partial charge in [-0.05, 0) is 49.4 Å². The lowest BCUT2D eigenvalue weighted by molar-refractivity contribution is -0.123. The number of anilines is 1. The molecule has 0 unspecified atom stereocenters. The lowest BCUT2D eigenvalue weighted by Gasteiger charge is -2.56. The molecular weight excluding hydrogens is 388 g/mol. The van der Waals surface area contributed by atoms with Gasteiger partial charge >= 0.3 is 0 Å². The maximum absolute atomic E-state index is 13.9. The third-order valence-corrected chi connectivity index (χ3v) is 7.57. The van der Waals surface area contributed by atoms with Gasteiger partial charge in [-0.3, -0.25) is 9.59 Å². The highest BCUT2D eigenvalue weighted by atomic mass is 16.3. The lowest BCUT2D eigenvalue weighted by Crippen LogP contribution is -2.64. The summed E-state index contributed by atoms with van der Waals surface area (Å²) in [6.07, 6.45) is 9.21. The Morgan fingerprint density at radius 3 is 2.35 bits per heavy atom. The summed E-state index contributed by atoms with van der Waals surface area (Å²) in [6, 6.07) is 14.7. The van der Waals surface area contributed by atoms with Crippen molar-refractivity contribution in [3.63, 3.8) is 0 Å². The summed E-state index contributed by atoms with van der Waals surface area (Å²) in [5.74, 6) is -0.425. The van der Waals surface area contributed by atoms with Crippen molar-refractivity contribution < 1.29 is 14.7 Å². The Morgan fingerprint density at radius 2 is 1.61 bits per heavy atom. The Hall–Kier alpha value is -2.82. The van der Waals surface area contributed by atoms with Gasteiger partial charge in [0.25, 0.3) is 5.91 Å². The van der Waals surface area contributed by atoms with Gasteiger partial charge in [-0.2, -0.15) is 0 Å². The fourth-order valence-electron chi connectivity index (χ4n) is 6.26. The molecule has 2 aliphatic carbocycles. The molecule has 0 bridgehead atoms. The third kappa shape index (κ3) is 3.31. The van der Waals surface area contributed by atoms with Crippen LogP contribution < -0.4 is 5.32 Å². The number of benzene rings is 2. The predicted molar refractivity (Wildman–Crippen MR) is 120 cm³/mol. The number of para-hydroxylation sites is 2. The monoisotopic (exact) mass is 418 g/mol. The van der Waals surface area contributed by atoms with Crippen LogP contribution in [0.4, 0.5) is 5.69 Å². The van der Waals surface area contributed by atoms with Crippen molar-refractivity contribution >= 4 is 17.5 Å². The molecule has 5 heteroatoms. The number of hydrogen-bond acceptors (Lipinski definition) is 3. The number of hydrogen-bond donors (Lipinski definition) is 2. The first-order chi connectivity index (χ1) is 15.1. The number of rotatable bonds is 3. The molecule has 1 spiro atoms. The van der Waals surface area contributed by atoms with Gasteiger partial charge in [0.05, 0.1) is 17.1 Å². The van der Waals surface area contributed by atoms with Crippen molar-refractivity contribution in [1.29, 1.82) is 0 Å². The van der Waals surface area contributed by atoms with Crippen molar-refractivity contribution in [1.82, 2.24) is 4.90 Å². The number of phenolic OH excluding ortho intramolecular Hbond substituents is 1. The normalized spacial score (nSPS) is 23.0. The molecule has 0 radical (unpaired) electrons. The zero-order valence-corrected chi connectivity index (χ0v) is 17.8. The fraction of sp³-hybridized carbons (Fsp3) is 0.462. The van der Waals surface area contributed by atoms with E-state index in [0.717, 1.165) is 63.4 Å². The highest BCUT2D eigenvalue weighted by Crippen LogP contribution is 2.51. The van der Waals surface area contributed by atoms with Gasteiger partial charge < -0.3 is 15.3 Å². The highest BCUT2D eigenvalue weighted by molar-refractivity contribution is 6.05. The smallest absolute Gasteiger partial charge is 0.254 e. The molecule has 2 fully saturated rings. The molecule has 5 rings (SSSR count). The molecule has 1 atom stereocenters. The van der Waals surface area contributed by atoms with Crippen molar-refractivity contribution in [3.05, 3.63) is 59.7 Å². The summed E-state index contributed by atoms with van der Waals surface area (Å²) in [5.41, 5.74) is 1.41. The van der Waals surface area contributed by atoms with Crippen molar-refractivity contribution in [2.75, 3.05) is 5.32 Å². The Bertz CT molecular complexity index is 990. The minimum atomic E-state index is -0.493. The van der Waals surface area contributed by atoms with Crippen LogP contribution in [0.1, 0.15) is 79.6 Å². The fourth-order valence-corrected chi connectivity index (χ4v) is 6.26. The average Bonchev–Trinajstić information content (AvgIpc) is 3.30. The van der Waals surface area contributed by atoms with Crippen LogP contribution in [0.25, 0.3) is 0 Å². The molecule has 2 saturated carbocycles. The third-order valence-electron chi connectivity index (χ3n) is 7.57. The molecule has 2 N–H and O–H groups in total. The maximum Gasteiger partial charge on any atom is 0.254 e. The SMILES string of the molecule is O=C(Nc1ccccc1O)[C@H]1c2ccccc2C(=O)N(C2CCCC2)C12CCCCC2. The van der Waals surface area contributed by atoms with Crippen LogP contribution in [-0.2, 0) is 4.79 Å². The molecule has 162 valence electrons. The number of phenols is 1. The zero-order chi connectivity index (χ0) is 21.4. The molecule has 3 aliphatic rings. The van der Waals surface area contributed by atoms with Gasteiger partial charge in [0, 0.05) is 11.6 Å². The van der Waals surface area contributed by atoms with Gasteiger partial charge in [-0.1, -0.05) is 62.4 Å². The molecule has 1 aliphatic heterocycles. The van der Waals surface area contributed by atoms with E-state index in [4.69, 9.17) is 0 Å². The van der Waals surface area contributed by atoms with Crippen LogP contribution in [0, 0.1) is 0 Å². The standard InChI is InChI=1S/C26H30N2O3/c29-22-15-7-6-14-21(22)27-24(30)23-19-12-4-5-13-20(19)25(31)28(18-10-2-3-11-18)26(23)16-8-1-9-17-26/h4-7,12-15,18,23,29H,1-3,8-11,16-17H2,(H,27,30)/t23-/m1/s1. The first kappa shape index (κ1) is 20.1. The second kappa shape index (κ2) is 8.03. The summed E-state index contributed by atoms with van der Waals surface area (Å²) in [7, 11) is 0. The van der Waals surface area contributed by atoms with E-state index in [1.165, 1.54) is 0 Å². The Kier molecular flexibility index (Phi) is 5.20. The molecule has 1 heterocycles. The average molecular weight is 419 g/mol. The first-order valence-corrected chi connectivity index (χ1v) is 11.6. The number of nitrogens with one attached hydrogen (secondary N) is 1. The topological polar surface area (TPSA) is 69.6 Å². The van der Waals surface area contributed by atoms with Crippen LogP contribution >= 0.6 is 0 Å². The van der Waals surface area contributed by atoms with Gasteiger partial charge in [0.1, 0.15) is 5.75 Å². The number of amides is 2. The van der Waals surface area contributed by atoms with Crippen molar-refractivity contribution in [2.45, 2.75) is 75.3 Å². The molecule has 2 aromatic carbocycles. The molecule has 0 aromatic heterocycles. The molecule has 31 heavy (non-hydrogen) atoms. The van der Waals surface area contributed by atoms with Gasteiger partial charge in [-0.15, -0.1) is 0 Å². The number of carbonyl (C=O) groups excluding carboxylic acids is 2. The summed E-state index contributed by atoms with van der Waals surface area (Å²) in [6.45, 7) is 0. The van der Waals surface area contributed by atoms with E-state index in [0.29, 0.717) is 11.3 Å². The number of fused-ring (bicyclic) bond motifs is 1. The Labute approximate surface area is 183 Å². The maximum atomic E-state index is 13.9. The summed E-state index contributed by atoms with van der Waals surface area (Å²) >= 11 is 0. The van der Waals surface area contributed by atoms with Crippen LogP contribution in [0.2, 0.25) is 0 Å². The summed E-state index contributed by atoms with van der Waals surface area (Å²) < 4.78 is 0. The summed E-state index contributed by atoms with van der Waals surface area (Å²) in [4.78, 5) is 29.8. The van der Waals surface area contributed by atoms with Gasteiger partial charge in [-0.25, -0.2) is 0 Å². The van der Waals surface area contributed by atoms with E-state index in [-0.39, 0.29) is 23.6 Å².